The number of imide groups is 1. The molecule has 3 fully saturated rings. The Bertz CT molecular complexity index is 1020. The molecule has 0 aliphatic carbocycles. The van der Waals surface area contributed by atoms with Crippen molar-refractivity contribution >= 4 is 17.8 Å². The number of methoxy groups -OCH3 is 1. The highest BCUT2D eigenvalue weighted by molar-refractivity contribution is 6.09. The number of rotatable bonds is 3. The fourth-order valence-electron chi connectivity index (χ4n) is 5.85. The number of nitrogens with zero attached hydrogens (tertiary/aromatic N) is 2. The minimum Gasteiger partial charge on any atom is -0.468 e. The van der Waals surface area contributed by atoms with Crippen LogP contribution in [0.15, 0.2) is 54.6 Å². The van der Waals surface area contributed by atoms with Gasteiger partial charge in [-0.05, 0) is 36.1 Å². The van der Waals surface area contributed by atoms with Gasteiger partial charge in [0.1, 0.15) is 5.54 Å². The van der Waals surface area contributed by atoms with Crippen LogP contribution in [0, 0.1) is 11.8 Å². The summed E-state index contributed by atoms with van der Waals surface area (Å²) in [6.07, 6.45) is 1.33. The first-order valence-electron chi connectivity index (χ1n) is 10.3. The van der Waals surface area contributed by atoms with E-state index in [4.69, 9.17) is 4.74 Å². The zero-order valence-electron chi connectivity index (χ0n) is 17.1. The molecular weight excluding hydrogens is 380 g/mol. The lowest BCUT2D eigenvalue weighted by Crippen LogP contribution is -2.54. The third kappa shape index (κ3) is 2.37. The van der Waals surface area contributed by atoms with Gasteiger partial charge < -0.3 is 4.74 Å². The van der Waals surface area contributed by atoms with Crippen molar-refractivity contribution < 1.29 is 19.1 Å². The molecule has 6 nitrogen and oxygen atoms in total. The average molecular weight is 404 g/mol. The zero-order chi connectivity index (χ0) is 21.0. The van der Waals surface area contributed by atoms with Crippen molar-refractivity contribution in [1.82, 2.24) is 9.80 Å². The number of benzene rings is 2. The molecule has 5 rings (SSSR count). The van der Waals surface area contributed by atoms with Gasteiger partial charge in [-0.1, -0.05) is 54.6 Å². The molecule has 0 radical (unpaired) electrons. The van der Waals surface area contributed by atoms with Crippen LogP contribution in [0.1, 0.15) is 24.4 Å². The molecule has 0 spiro atoms. The predicted octanol–water partition coefficient (Wildman–Crippen LogP) is 2.65. The molecule has 0 bridgehead atoms. The number of carbonyl (C=O) groups excluding carboxylic acids is 3. The molecule has 3 saturated heterocycles. The van der Waals surface area contributed by atoms with Crippen LogP contribution < -0.4 is 0 Å². The normalized spacial score (nSPS) is 30.5. The molecule has 2 amide bonds. The molecule has 0 unspecified atom stereocenters. The fourth-order valence-corrected chi connectivity index (χ4v) is 5.85. The Morgan fingerprint density at radius 2 is 1.67 bits per heavy atom. The van der Waals surface area contributed by atoms with E-state index >= 15 is 0 Å². The molecule has 2 aromatic carbocycles. The second-order valence-electron chi connectivity index (χ2n) is 8.38. The van der Waals surface area contributed by atoms with E-state index < -0.39 is 23.3 Å². The number of amides is 2. The maximum absolute atomic E-state index is 13.1. The summed E-state index contributed by atoms with van der Waals surface area (Å²) >= 11 is 0. The summed E-state index contributed by atoms with van der Waals surface area (Å²) in [5.41, 5.74) is 2.10. The van der Waals surface area contributed by atoms with E-state index in [-0.39, 0.29) is 17.9 Å². The zero-order valence-corrected chi connectivity index (χ0v) is 17.1. The van der Waals surface area contributed by atoms with Crippen LogP contribution in [-0.2, 0) is 19.1 Å². The Balaban J connectivity index is 1.60. The summed E-state index contributed by atoms with van der Waals surface area (Å²) in [5.74, 6) is -2.14. The van der Waals surface area contributed by atoms with E-state index in [1.165, 1.54) is 19.1 Å². The van der Waals surface area contributed by atoms with Gasteiger partial charge in [0.2, 0.25) is 11.8 Å². The topological polar surface area (TPSA) is 66.9 Å². The van der Waals surface area contributed by atoms with E-state index in [0.29, 0.717) is 13.0 Å². The highest BCUT2D eigenvalue weighted by Crippen LogP contribution is 2.59. The molecule has 154 valence electrons. The Morgan fingerprint density at radius 1 is 1.00 bits per heavy atom. The number of likely N-dealkylation sites (tertiary alicyclic amines) is 1. The molecule has 3 aliphatic rings. The highest BCUT2D eigenvalue weighted by Gasteiger charge is 2.72. The first-order valence-corrected chi connectivity index (χ1v) is 10.3. The summed E-state index contributed by atoms with van der Waals surface area (Å²) in [7, 11) is 2.87. The van der Waals surface area contributed by atoms with Gasteiger partial charge in [0, 0.05) is 13.1 Å². The molecule has 3 heterocycles. The van der Waals surface area contributed by atoms with Gasteiger partial charge in [0.15, 0.2) is 0 Å². The van der Waals surface area contributed by atoms with Gasteiger partial charge in [-0.2, -0.15) is 0 Å². The first-order chi connectivity index (χ1) is 14.5. The molecular formula is C24H24N2O4. The molecule has 30 heavy (non-hydrogen) atoms. The standard InChI is InChI=1S/C24H24N2O4/c1-25-21(27)18-19(22(25)28)24(23(29)30-2)13-6-14-26(24)20(18)17-11-9-16(10-12-17)15-7-4-3-5-8-15/h3-5,7-12,18-20H,6,13-14H2,1-2H3/t18-,19-,20+,24-/m0/s1. The average Bonchev–Trinajstić information content (AvgIpc) is 3.40. The molecule has 6 heteroatoms. The number of hydrogen-bond donors (Lipinski definition) is 0. The number of ether oxygens (including phenoxy) is 1. The van der Waals surface area contributed by atoms with Gasteiger partial charge in [-0.15, -0.1) is 0 Å². The largest absolute Gasteiger partial charge is 0.468 e. The minimum atomic E-state index is -1.06. The van der Waals surface area contributed by atoms with Crippen LogP contribution in [0.3, 0.4) is 0 Å². The maximum Gasteiger partial charge on any atom is 0.327 e. The third-order valence-electron chi connectivity index (χ3n) is 7.13. The van der Waals surface area contributed by atoms with Crippen LogP contribution >= 0.6 is 0 Å². The molecule has 0 N–H and O–H groups in total. The maximum atomic E-state index is 13.1. The summed E-state index contributed by atoms with van der Waals surface area (Å²) in [4.78, 5) is 42.4. The molecule has 4 atom stereocenters. The summed E-state index contributed by atoms with van der Waals surface area (Å²) in [6.45, 7) is 0.664. The van der Waals surface area contributed by atoms with E-state index in [1.807, 2.05) is 42.5 Å². The lowest BCUT2D eigenvalue weighted by molar-refractivity contribution is -0.158. The predicted molar refractivity (Wildman–Crippen MR) is 110 cm³/mol. The number of fused-ring (bicyclic) bond motifs is 3. The minimum absolute atomic E-state index is 0.209. The quantitative estimate of drug-likeness (QED) is 0.581. The van der Waals surface area contributed by atoms with E-state index in [9.17, 15) is 14.4 Å². The van der Waals surface area contributed by atoms with Crippen molar-refractivity contribution in [3.63, 3.8) is 0 Å². The van der Waals surface area contributed by atoms with Crippen molar-refractivity contribution in [2.24, 2.45) is 11.8 Å². The van der Waals surface area contributed by atoms with Gasteiger partial charge in [-0.25, -0.2) is 0 Å². The van der Waals surface area contributed by atoms with E-state index in [1.54, 1.807) is 0 Å². The smallest absolute Gasteiger partial charge is 0.327 e. The van der Waals surface area contributed by atoms with Crippen LogP contribution in [0.2, 0.25) is 0 Å². The first kappa shape index (κ1) is 19.0. The molecule has 3 aliphatic heterocycles. The van der Waals surface area contributed by atoms with Crippen LogP contribution in [-0.4, -0.2) is 53.8 Å². The van der Waals surface area contributed by atoms with E-state index in [0.717, 1.165) is 23.1 Å². The molecule has 2 aromatic rings. The lowest BCUT2D eigenvalue weighted by Gasteiger charge is -2.35. The fraction of sp³-hybridized carbons (Fsp3) is 0.375. The van der Waals surface area contributed by atoms with Crippen LogP contribution in [0.5, 0.6) is 0 Å². The van der Waals surface area contributed by atoms with Gasteiger partial charge in [0.25, 0.3) is 0 Å². The van der Waals surface area contributed by atoms with Crippen LogP contribution in [0.4, 0.5) is 0 Å². The number of esters is 1. The summed E-state index contributed by atoms with van der Waals surface area (Å²) < 4.78 is 5.16. The van der Waals surface area contributed by atoms with Crippen molar-refractivity contribution in [3.8, 4) is 11.1 Å². The lowest BCUT2D eigenvalue weighted by atomic mass is 9.77. The SMILES string of the molecule is COC(=O)[C@@]12CCCN1[C@H](c1ccc(-c3ccccc3)cc1)[C@H]1C(=O)N(C)C(=O)[C@H]12. The second kappa shape index (κ2) is 6.77. The van der Waals surface area contributed by atoms with Gasteiger partial charge in [-0.3, -0.25) is 24.2 Å². The Morgan fingerprint density at radius 3 is 2.33 bits per heavy atom. The van der Waals surface area contributed by atoms with Crippen molar-refractivity contribution in [2.45, 2.75) is 24.4 Å². The molecule has 0 saturated carbocycles. The summed E-state index contributed by atoms with van der Waals surface area (Å²) in [5, 5.41) is 0. The Labute approximate surface area is 175 Å². The van der Waals surface area contributed by atoms with Crippen molar-refractivity contribution in [1.29, 1.82) is 0 Å². The van der Waals surface area contributed by atoms with Crippen molar-refractivity contribution in [2.75, 3.05) is 20.7 Å². The van der Waals surface area contributed by atoms with Crippen molar-refractivity contribution in [3.05, 3.63) is 60.2 Å². The monoisotopic (exact) mass is 404 g/mol. The second-order valence-corrected chi connectivity index (χ2v) is 8.38. The van der Waals surface area contributed by atoms with Crippen LogP contribution in [0.25, 0.3) is 11.1 Å². The van der Waals surface area contributed by atoms with Gasteiger partial charge in [0.05, 0.1) is 18.9 Å². The van der Waals surface area contributed by atoms with E-state index in [2.05, 4.69) is 17.0 Å². The third-order valence-corrected chi connectivity index (χ3v) is 7.13. The Kier molecular flexibility index (Phi) is 4.29. The highest BCUT2D eigenvalue weighted by atomic mass is 16.5. The number of hydrogen-bond acceptors (Lipinski definition) is 5. The number of carbonyl (C=O) groups is 3. The summed E-state index contributed by atoms with van der Waals surface area (Å²) in [6, 6.07) is 17.9. The van der Waals surface area contributed by atoms with Gasteiger partial charge >= 0.3 is 5.97 Å². The molecule has 0 aromatic heterocycles. The Hall–Kier alpha value is -2.99.